The molecule has 0 heterocycles. The largest absolute Gasteiger partial charge is 0.508 e. The highest BCUT2D eigenvalue weighted by Crippen LogP contribution is 2.36. The summed E-state index contributed by atoms with van der Waals surface area (Å²) < 4.78 is 18.3. The smallest absolute Gasteiger partial charge is 0.373 e. The zero-order valence-electron chi connectivity index (χ0n) is 13.8. The summed E-state index contributed by atoms with van der Waals surface area (Å²) in [5.41, 5.74) is 9.71. The van der Waals surface area contributed by atoms with E-state index in [1.54, 1.807) is 0 Å². The van der Waals surface area contributed by atoms with E-state index in [1.165, 1.54) is 16.7 Å². The van der Waals surface area contributed by atoms with Crippen LogP contribution < -0.4 is 5.73 Å². The van der Waals surface area contributed by atoms with Crippen LogP contribution in [0.4, 0.5) is 0 Å². The molecular weight excluding hydrogens is 294 g/mol. The molecule has 1 aromatic carbocycles. The highest BCUT2D eigenvalue weighted by Gasteiger charge is 2.49. The molecule has 2 N–H and O–H groups in total. The number of fused-ring (bicyclic) bond motifs is 1. The van der Waals surface area contributed by atoms with Crippen LogP contribution in [-0.2, 0) is 13.3 Å². The van der Waals surface area contributed by atoms with Crippen LogP contribution in [0.1, 0.15) is 49.4 Å². The summed E-state index contributed by atoms with van der Waals surface area (Å²) in [5, 5.41) is 0. The molecule has 122 valence electrons. The first-order chi connectivity index (χ1) is 10.7. The van der Waals surface area contributed by atoms with E-state index in [2.05, 4.69) is 30.4 Å². The molecule has 0 aliphatic heterocycles. The minimum atomic E-state index is -2.81. The molecule has 1 aromatic rings. The molecule has 0 saturated heterocycles. The molecule has 0 fully saturated rings. The Morgan fingerprint density at radius 2 is 1.55 bits per heavy atom. The Morgan fingerprint density at radius 3 is 1.95 bits per heavy atom. The first-order valence-electron chi connectivity index (χ1n) is 8.14. The van der Waals surface area contributed by atoms with Gasteiger partial charge < -0.3 is 19.0 Å². The van der Waals surface area contributed by atoms with Gasteiger partial charge in [0.1, 0.15) is 0 Å². The molecule has 0 saturated carbocycles. The highest BCUT2D eigenvalue weighted by molar-refractivity contribution is 6.62. The molecule has 5 heteroatoms. The van der Waals surface area contributed by atoms with Crippen LogP contribution in [-0.4, -0.2) is 35.2 Å². The molecule has 2 rings (SSSR count). The SMILES string of the molecule is CCO[Si](OCC)(OCC)C(CCN)c1ccc2c(c1)C=C2. The third-order valence-corrected chi connectivity index (χ3v) is 7.42. The number of benzene rings is 1. The number of hydrogen-bond acceptors (Lipinski definition) is 4. The van der Waals surface area contributed by atoms with Crippen molar-refractivity contribution in [2.24, 2.45) is 5.73 Å². The molecule has 0 spiro atoms. The molecular formula is C17H27NO3Si. The molecule has 0 amide bonds. The van der Waals surface area contributed by atoms with Gasteiger partial charge in [-0.15, -0.1) is 0 Å². The minimum Gasteiger partial charge on any atom is -0.373 e. The fourth-order valence-electron chi connectivity index (χ4n) is 2.93. The number of nitrogens with two attached hydrogens (primary N) is 1. The predicted octanol–water partition coefficient (Wildman–Crippen LogP) is 3.19. The number of rotatable bonds is 10. The summed E-state index contributed by atoms with van der Waals surface area (Å²) >= 11 is 0. The second-order valence-electron chi connectivity index (χ2n) is 5.25. The lowest BCUT2D eigenvalue weighted by Gasteiger charge is -2.36. The Hall–Kier alpha value is -0.983. The van der Waals surface area contributed by atoms with Crippen LogP contribution in [0.15, 0.2) is 18.2 Å². The van der Waals surface area contributed by atoms with E-state index in [-0.39, 0.29) is 5.54 Å². The molecule has 0 aromatic heterocycles. The lowest BCUT2D eigenvalue weighted by molar-refractivity contribution is 0.0609. The van der Waals surface area contributed by atoms with Gasteiger partial charge in [0.15, 0.2) is 0 Å². The third kappa shape index (κ3) is 3.50. The first kappa shape index (κ1) is 17.4. The second kappa shape index (κ2) is 8.03. The van der Waals surface area contributed by atoms with Gasteiger partial charge in [0.05, 0.1) is 5.54 Å². The van der Waals surface area contributed by atoms with Gasteiger partial charge in [-0.25, -0.2) is 0 Å². The quantitative estimate of drug-likeness (QED) is 0.683. The van der Waals surface area contributed by atoms with E-state index in [1.807, 2.05) is 20.8 Å². The molecule has 1 aliphatic rings. The average molecular weight is 321 g/mol. The Bertz CT molecular complexity index is 502. The Morgan fingerprint density at radius 1 is 0.955 bits per heavy atom. The van der Waals surface area contributed by atoms with Crippen molar-refractivity contribution >= 4 is 21.0 Å². The maximum atomic E-state index is 6.09. The van der Waals surface area contributed by atoms with E-state index in [0.29, 0.717) is 26.4 Å². The topological polar surface area (TPSA) is 53.7 Å². The van der Waals surface area contributed by atoms with Gasteiger partial charge in [0.25, 0.3) is 0 Å². The normalized spacial score (nSPS) is 14.5. The van der Waals surface area contributed by atoms with E-state index < -0.39 is 8.80 Å². The van der Waals surface area contributed by atoms with E-state index in [4.69, 9.17) is 19.0 Å². The van der Waals surface area contributed by atoms with Gasteiger partial charge in [-0.05, 0) is 50.4 Å². The van der Waals surface area contributed by atoms with E-state index in [9.17, 15) is 0 Å². The first-order valence-corrected chi connectivity index (χ1v) is 9.94. The standard InChI is InChI=1S/C17H27NO3Si/c1-4-19-22(20-5-2,21-6-3)17(11-12-18)16-10-8-14-7-9-15(14)13-16/h7-10,13,17H,4-6,11-12,18H2,1-3H3. The fraction of sp³-hybridized carbons (Fsp3) is 0.529. The maximum Gasteiger partial charge on any atom is 0.508 e. The van der Waals surface area contributed by atoms with Crippen LogP contribution in [0.25, 0.3) is 12.2 Å². The molecule has 0 radical (unpaired) electrons. The van der Waals surface area contributed by atoms with Crippen LogP contribution in [0.5, 0.6) is 0 Å². The van der Waals surface area contributed by atoms with Crippen LogP contribution in [0.2, 0.25) is 0 Å². The minimum absolute atomic E-state index is 0.0802. The summed E-state index contributed by atoms with van der Waals surface area (Å²) in [7, 11) is -2.81. The third-order valence-electron chi connectivity index (χ3n) is 3.87. The van der Waals surface area contributed by atoms with E-state index in [0.717, 1.165) is 6.42 Å². The van der Waals surface area contributed by atoms with Crippen molar-refractivity contribution in [3.63, 3.8) is 0 Å². The van der Waals surface area contributed by atoms with Crippen molar-refractivity contribution in [1.29, 1.82) is 0 Å². The van der Waals surface area contributed by atoms with Crippen molar-refractivity contribution in [2.75, 3.05) is 26.4 Å². The Kier molecular flexibility index (Phi) is 6.34. The van der Waals surface area contributed by atoms with Gasteiger partial charge >= 0.3 is 8.80 Å². The van der Waals surface area contributed by atoms with Crippen molar-refractivity contribution in [3.05, 3.63) is 34.9 Å². The predicted molar refractivity (Wildman–Crippen MR) is 92.4 cm³/mol. The van der Waals surface area contributed by atoms with Crippen LogP contribution in [0, 0.1) is 0 Å². The molecule has 0 bridgehead atoms. The highest BCUT2D eigenvalue weighted by atomic mass is 28.4. The summed E-state index contributed by atoms with van der Waals surface area (Å²) in [5.74, 6) is 0. The lowest BCUT2D eigenvalue weighted by Crippen LogP contribution is -2.52. The van der Waals surface area contributed by atoms with Gasteiger partial charge in [0, 0.05) is 19.8 Å². The maximum absolute atomic E-state index is 6.09. The van der Waals surface area contributed by atoms with Gasteiger partial charge in [-0.2, -0.15) is 0 Å². The van der Waals surface area contributed by atoms with Crippen molar-refractivity contribution in [3.8, 4) is 0 Å². The average Bonchev–Trinajstić information content (AvgIpc) is 2.47. The molecule has 22 heavy (non-hydrogen) atoms. The summed E-state index contributed by atoms with van der Waals surface area (Å²) in [4.78, 5) is 0. The molecule has 1 unspecified atom stereocenters. The van der Waals surface area contributed by atoms with Crippen LogP contribution in [0.3, 0.4) is 0 Å². The van der Waals surface area contributed by atoms with Gasteiger partial charge in [0.2, 0.25) is 0 Å². The van der Waals surface area contributed by atoms with Gasteiger partial charge in [-0.1, -0.05) is 30.4 Å². The molecule has 4 nitrogen and oxygen atoms in total. The van der Waals surface area contributed by atoms with E-state index >= 15 is 0 Å². The summed E-state index contributed by atoms with van der Waals surface area (Å²) in [6.45, 7) is 8.28. The molecule has 1 aliphatic carbocycles. The number of hydrogen-bond donors (Lipinski definition) is 1. The van der Waals surface area contributed by atoms with Crippen molar-refractivity contribution in [1.82, 2.24) is 0 Å². The zero-order valence-corrected chi connectivity index (χ0v) is 14.8. The van der Waals surface area contributed by atoms with Gasteiger partial charge in [-0.3, -0.25) is 0 Å². The monoisotopic (exact) mass is 321 g/mol. The van der Waals surface area contributed by atoms with Crippen molar-refractivity contribution < 1.29 is 13.3 Å². The van der Waals surface area contributed by atoms with Crippen LogP contribution >= 0.6 is 0 Å². The molecule has 1 atom stereocenters. The van der Waals surface area contributed by atoms with Crippen molar-refractivity contribution in [2.45, 2.75) is 32.7 Å². The fourth-order valence-corrected chi connectivity index (χ4v) is 6.10. The Labute approximate surface area is 134 Å². The Balaban J connectivity index is 2.37. The zero-order chi connectivity index (χ0) is 16.0. The second-order valence-corrected chi connectivity index (χ2v) is 8.02. The summed E-state index contributed by atoms with van der Waals surface area (Å²) in [6.07, 6.45) is 5.05. The lowest BCUT2D eigenvalue weighted by atomic mass is 9.94. The summed E-state index contributed by atoms with van der Waals surface area (Å²) in [6, 6.07) is 6.52.